The van der Waals surface area contributed by atoms with Crippen LogP contribution < -0.4 is 16.4 Å². The van der Waals surface area contributed by atoms with Gasteiger partial charge in [-0.15, -0.1) is 0 Å². The molecular formula is C29H34FN3O5. The predicted octanol–water partition coefficient (Wildman–Crippen LogP) is 3.29. The number of ether oxygens (including phenoxy) is 1. The first-order valence-electron chi connectivity index (χ1n) is 12.6. The summed E-state index contributed by atoms with van der Waals surface area (Å²) in [5.41, 5.74) is 7.05. The lowest BCUT2D eigenvalue weighted by Crippen LogP contribution is -2.50. The number of carboxylic acid groups (broad SMARTS) is 1. The lowest BCUT2D eigenvalue weighted by molar-refractivity contribution is -0.178. The van der Waals surface area contributed by atoms with Crippen molar-refractivity contribution in [3.63, 3.8) is 0 Å². The Morgan fingerprint density at radius 3 is 2.37 bits per heavy atom. The molecule has 1 aliphatic rings. The zero-order chi connectivity index (χ0) is 27.5. The fraction of sp³-hybridized carbons (Fsp3) is 0.345. The van der Waals surface area contributed by atoms with Crippen LogP contribution in [0.4, 0.5) is 4.39 Å². The van der Waals surface area contributed by atoms with Gasteiger partial charge in [-0.2, -0.15) is 0 Å². The van der Waals surface area contributed by atoms with Crippen molar-refractivity contribution in [3.8, 4) is 0 Å². The first-order chi connectivity index (χ1) is 18.2. The number of nitrogens with two attached hydrogens (primary N) is 1. The lowest BCUT2D eigenvalue weighted by Gasteiger charge is -2.34. The van der Waals surface area contributed by atoms with Gasteiger partial charge in [0, 0.05) is 18.5 Å². The van der Waals surface area contributed by atoms with Gasteiger partial charge in [-0.1, -0.05) is 66.8 Å². The zero-order valence-corrected chi connectivity index (χ0v) is 21.3. The molecule has 0 saturated heterocycles. The van der Waals surface area contributed by atoms with Gasteiger partial charge in [-0.25, -0.2) is 9.18 Å². The molecule has 38 heavy (non-hydrogen) atoms. The largest absolute Gasteiger partial charge is 0.477 e. The molecule has 4 unspecified atom stereocenters. The summed E-state index contributed by atoms with van der Waals surface area (Å²) in [6.07, 6.45) is 4.85. The lowest BCUT2D eigenvalue weighted by atomic mass is 9.87. The van der Waals surface area contributed by atoms with Crippen LogP contribution >= 0.6 is 0 Å². The average molecular weight is 524 g/mol. The minimum absolute atomic E-state index is 0.132. The third-order valence-corrected chi connectivity index (χ3v) is 6.37. The van der Waals surface area contributed by atoms with E-state index in [0.717, 1.165) is 19.3 Å². The Bertz CT molecular complexity index is 1160. The summed E-state index contributed by atoms with van der Waals surface area (Å²) in [6, 6.07) is 16.9. The molecule has 0 heterocycles. The fourth-order valence-corrected chi connectivity index (χ4v) is 4.07. The molecule has 0 saturated carbocycles. The summed E-state index contributed by atoms with van der Waals surface area (Å²) < 4.78 is 18.7. The van der Waals surface area contributed by atoms with Crippen molar-refractivity contribution in [3.05, 3.63) is 95.6 Å². The van der Waals surface area contributed by atoms with E-state index in [9.17, 15) is 18.8 Å². The molecule has 1 aliphatic carbocycles. The number of halogens is 1. The smallest absolute Gasteiger partial charge is 0.366 e. The topological polar surface area (TPSA) is 131 Å². The maximum Gasteiger partial charge on any atom is 0.366 e. The Morgan fingerprint density at radius 1 is 1.08 bits per heavy atom. The van der Waals surface area contributed by atoms with Crippen LogP contribution in [0.25, 0.3) is 0 Å². The Morgan fingerprint density at radius 2 is 1.74 bits per heavy atom. The SMILES string of the molecule is CC1(OC(F)C(=O)O)C=CC(CC(NC(=O)c2ccccc2)C(=O)NCCCCc2ccccc2)=CC1N. The second-order valence-electron chi connectivity index (χ2n) is 9.39. The molecule has 3 rings (SSSR count). The number of carbonyl (C=O) groups is 3. The fourth-order valence-electron chi connectivity index (χ4n) is 4.07. The average Bonchev–Trinajstić information content (AvgIpc) is 2.91. The third-order valence-electron chi connectivity index (χ3n) is 6.37. The van der Waals surface area contributed by atoms with E-state index < -0.39 is 35.9 Å². The van der Waals surface area contributed by atoms with Crippen LogP contribution in [-0.4, -0.2) is 53.5 Å². The normalized spacial score (nSPS) is 20.2. The molecule has 0 radical (unpaired) electrons. The third kappa shape index (κ3) is 8.36. The van der Waals surface area contributed by atoms with Crippen LogP contribution in [0.3, 0.4) is 0 Å². The van der Waals surface area contributed by atoms with Crippen molar-refractivity contribution in [1.82, 2.24) is 10.6 Å². The Hall–Kier alpha value is -3.82. The van der Waals surface area contributed by atoms with E-state index in [1.807, 2.05) is 18.2 Å². The van der Waals surface area contributed by atoms with E-state index in [2.05, 4.69) is 22.8 Å². The number of carboxylic acids is 1. The maximum atomic E-state index is 13.7. The van der Waals surface area contributed by atoms with Gasteiger partial charge < -0.3 is 26.2 Å². The van der Waals surface area contributed by atoms with Crippen LogP contribution in [0, 0.1) is 0 Å². The molecule has 4 atom stereocenters. The molecule has 0 bridgehead atoms. The van der Waals surface area contributed by atoms with Crippen LogP contribution in [0.5, 0.6) is 0 Å². The van der Waals surface area contributed by atoms with Gasteiger partial charge in [-0.05, 0) is 49.5 Å². The number of aryl methyl sites for hydroxylation is 1. The predicted molar refractivity (Wildman–Crippen MR) is 142 cm³/mol. The first-order valence-corrected chi connectivity index (χ1v) is 12.6. The number of aliphatic carboxylic acids is 1. The van der Waals surface area contributed by atoms with Gasteiger partial charge in [0.1, 0.15) is 11.6 Å². The minimum Gasteiger partial charge on any atom is -0.477 e. The highest BCUT2D eigenvalue weighted by Crippen LogP contribution is 2.27. The molecule has 0 fully saturated rings. The van der Waals surface area contributed by atoms with Crippen molar-refractivity contribution in [2.45, 2.75) is 56.6 Å². The summed E-state index contributed by atoms with van der Waals surface area (Å²) >= 11 is 0. The molecule has 9 heteroatoms. The van der Waals surface area contributed by atoms with Crippen molar-refractivity contribution < 1.29 is 28.6 Å². The number of benzene rings is 2. The molecule has 0 aliphatic heterocycles. The van der Waals surface area contributed by atoms with Gasteiger partial charge in [0.2, 0.25) is 5.91 Å². The quantitative estimate of drug-likeness (QED) is 0.298. The van der Waals surface area contributed by atoms with Gasteiger partial charge in [0.15, 0.2) is 0 Å². The summed E-state index contributed by atoms with van der Waals surface area (Å²) in [5.74, 6) is -2.48. The van der Waals surface area contributed by atoms with E-state index in [-0.39, 0.29) is 12.3 Å². The summed E-state index contributed by atoms with van der Waals surface area (Å²) in [5, 5.41) is 14.5. The number of carbonyl (C=O) groups excluding carboxylic acids is 2. The number of alkyl halides is 1. The molecular weight excluding hydrogens is 489 g/mol. The number of rotatable bonds is 13. The van der Waals surface area contributed by atoms with Crippen LogP contribution in [-0.2, 0) is 20.7 Å². The van der Waals surface area contributed by atoms with E-state index >= 15 is 0 Å². The zero-order valence-electron chi connectivity index (χ0n) is 21.3. The first kappa shape index (κ1) is 28.7. The van der Waals surface area contributed by atoms with Gasteiger partial charge in [0.25, 0.3) is 12.3 Å². The number of hydrogen-bond donors (Lipinski definition) is 4. The van der Waals surface area contributed by atoms with Crippen molar-refractivity contribution in [2.24, 2.45) is 5.73 Å². The molecule has 202 valence electrons. The van der Waals surface area contributed by atoms with E-state index in [4.69, 9.17) is 15.6 Å². The van der Waals surface area contributed by atoms with Crippen LogP contribution in [0.15, 0.2) is 84.5 Å². The molecule has 0 aromatic heterocycles. The number of allylic oxidation sites excluding steroid dienone is 1. The van der Waals surface area contributed by atoms with E-state index in [1.165, 1.54) is 18.6 Å². The monoisotopic (exact) mass is 523 g/mol. The summed E-state index contributed by atoms with van der Waals surface area (Å²) in [4.78, 5) is 36.8. The molecule has 2 aromatic rings. The number of unbranched alkanes of at least 4 members (excludes halogenated alkanes) is 1. The second kappa shape index (κ2) is 13.6. The number of amides is 2. The highest BCUT2D eigenvalue weighted by atomic mass is 19.1. The van der Waals surface area contributed by atoms with Crippen molar-refractivity contribution in [2.75, 3.05) is 6.54 Å². The number of nitrogens with one attached hydrogen (secondary N) is 2. The summed E-state index contributed by atoms with van der Waals surface area (Å²) in [7, 11) is 0. The van der Waals surface area contributed by atoms with Gasteiger partial charge >= 0.3 is 5.97 Å². The second-order valence-corrected chi connectivity index (χ2v) is 9.39. The van der Waals surface area contributed by atoms with Gasteiger partial charge in [-0.3, -0.25) is 9.59 Å². The molecule has 2 aromatic carbocycles. The molecule has 5 N–H and O–H groups in total. The maximum absolute atomic E-state index is 13.7. The Kier molecular flexibility index (Phi) is 10.3. The Labute approximate surface area is 221 Å². The van der Waals surface area contributed by atoms with Crippen LogP contribution in [0.1, 0.15) is 42.1 Å². The molecule has 0 spiro atoms. The van der Waals surface area contributed by atoms with Crippen molar-refractivity contribution in [1.29, 1.82) is 0 Å². The molecule has 2 amide bonds. The molecule has 8 nitrogen and oxygen atoms in total. The van der Waals surface area contributed by atoms with Gasteiger partial charge in [0.05, 0.1) is 6.04 Å². The van der Waals surface area contributed by atoms with E-state index in [0.29, 0.717) is 17.7 Å². The van der Waals surface area contributed by atoms with E-state index in [1.54, 1.807) is 42.5 Å². The van der Waals surface area contributed by atoms with Crippen LogP contribution in [0.2, 0.25) is 0 Å². The number of hydrogen-bond acceptors (Lipinski definition) is 5. The highest BCUT2D eigenvalue weighted by Gasteiger charge is 2.37. The Balaban J connectivity index is 1.63. The van der Waals surface area contributed by atoms with Crippen molar-refractivity contribution >= 4 is 17.8 Å². The summed E-state index contributed by atoms with van der Waals surface area (Å²) in [6.45, 7) is 1.94. The minimum atomic E-state index is -2.53. The highest BCUT2D eigenvalue weighted by molar-refractivity contribution is 5.97. The standard InChI is InChI=1S/C29H34FN3O5/c1-29(38-25(30)28(36)37)16-15-21(19-24(29)31)18-23(33-26(34)22-13-6-3-7-14-22)27(35)32-17-9-8-12-20-10-4-2-5-11-20/h2-7,10-11,13-16,19,23-25H,8-9,12,17-18,31H2,1H3,(H,32,35)(H,33,34)(H,36,37).